The van der Waals surface area contributed by atoms with Gasteiger partial charge in [-0.05, 0) is 54.7 Å². The summed E-state index contributed by atoms with van der Waals surface area (Å²) in [6, 6.07) is 13.6. The molecule has 1 fully saturated rings. The van der Waals surface area contributed by atoms with Gasteiger partial charge in [-0.3, -0.25) is 9.89 Å². The molecule has 0 aromatic heterocycles. The fourth-order valence-electron chi connectivity index (χ4n) is 3.79. The Balaban J connectivity index is 0.00000341. The molecule has 5 nitrogen and oxygen atoms in total. The summed E-state index contributed by atoms with van der Waals surface area (Å²) in [6.45, 7) is 9.24. The summed E-state index contributed by atoms with van der Waals surface area (Å²) in [6.07, 6.45) is 1.12. The molecule has 1 aliphatic heterocycles. The second-order valence-electron chi connectivity index (χ2n) is 7.91. The number of halogens is 2. The average Bonchev–Trinajstić information content (AvgIpc) is 2.72. The van der Waals surface area contributed by atoms with Crippen LogP contribution in [0.2, 0.25) is 0 Å². The Morgan fingerprint density at radius 3 is 2.74 bits per heavy atom. The normalized spacial score (nSPS) is 17.2. The highest BCUT2D eigenvalue weighted by atomic mass is 127. The van der Waals surface area contributed by atoms with Crippen LogP contribution in [0.3, 0.4) is 0 Å². The minimum atomic E-state index is -0.188. The van der Waals surface area contributed by atoms with Gasteiger partial charge in [0, 0.05) is 39.8 Å². The lowest BCUT2D eigenvalue weighted by Crippen LogP contribution is -2.40. The number of guanidine groups is 1. The fraction of sp³-hybridized carbons (Fsp3) is 0.458. The van der Waals surface area contributed by atoms with Crippen molar-refractivity contribution in [3.8, 4) is 0 Å². The third kappa shape index (κ3) is 8.38. The minimum Gasteiger partial charge on any atom is -0.376 e. The van der Waals surface area contributed by atoms with Crippen LogP contribution >= 0.6 is 24.0 Å². The summed E-state index contributed by atoms with van der Waals surface area (Å²) >= 11 is 0. The minimum absolute atomic E-state index is 0. The van der Waals surface area contributed by atoms with Gasteiger partial charge in [0.15, 0.2) is 5.96 Å². The molecule has 170 valence electrons. The molecule has 1 heterocycles. The Morgan fingerprint density at radius 1 is 1.19 bits per heavy atom. The quantitative estimate of drug-likeness (QED) is 0.318. The van der Waals surface area contributed by atoms with Crippen molar-refractivity contribution in [2.45, 2.75) is 39.5 Å². The topological polar surface area (TPSA) is 48.9 Å². The maximum atomic E-state index is 13.2. The van der Waals surface area contributed by atoms with Gasteiger partial charge in [0.1, 0.15) is 5.82 Å². The van der Waals surface area contributed by atoms with Crippen LogP contribution in [0, 0.1) is 12.7 Å². The Bertz CT molecular complexity index is 861. The van der Waals surface area contributed by atoms with Gasteiger partial charge in [-0.2, -0.15) is 0 Å². The molecule has 2 N–H and O–H groups in total. The summed E-state index contributed by atoms with van der Waals surface area (Å²) in [5, 5.41) is 6.72. The summed E-state index contributed by atoms with van der Waals surface area (Å²) in [4.78, 5) is 6.75. The van der Waals surface area contributed by atoms with Crippen LogP contribution in [0.1, 0.15) is 29.2 Å². The van der Waals surface area contributed by atoms with Gasteiger partial charge >= 0.3 is 0 Å². The van der Waals surface area contributed by atoms with E-state index in [2.05, 4.69) is 51.7 Å². The van der Waals surface area contributed by atoms with E-state index in [1.165, 1.54) is 17.2 Å². The van der Waals surface area contributed by atoms with Gasteiger partial charge in [0.25, 0.3) is 0 Å². The molecule has 0 bridgehead atoms. The van der Waals surface area contributed by atoms with Gasteiger partial charge in [0.2, 0.25) is 0 Å². The van der Waals surface area contributed by atoms with E-state index in [0.29, 0.717) is 12.6 Å². The molecular formula is C24H34FIN4O. The van der Waals surface area contributed by atoms with Gasteiger partial charge in [-0.15, -0.1) is 24.0 Å². The predicted molar refractivity (Wildman–Crippen MR) is 136 cm³/mol. The molecule has 3 rings (SSSR count). The number of nitrogens with one attached hydrogen (secondary N) is 2. The number of hydrogen-bond donors (Lipinski definition) is 2. The molecule has 1 aliphatic rings. The van der Waals surface area contributed by atoms with Crippen LogP contribution in [0.5, 0.6) is 0 Å². The summed E-state index contributed by atoms with van der Waals surface area (Å²) in [7, 11) is 1.77. The zero-order valence-electron chi connectivity index (χ0n) is 18.7. The van der Waals surface area contributed by atoms with Crippen LogP contribution in [-0.2, 0) is 24.2 Å². The molecule has 0 aliphatic carbocycles. The van der Waals surface area contributed by atoms with Crippen molar-refractivity contribution in [2.75, 3.05) is 33.3 Å². The number of aryl methyl sites for hydroxylation is 1. The summed E-state index contributed by atoms with van der Waals surface area (Å²) < 4.78 is 18.9. The molecule has 31 heavy (non-hydrogen) atoms. The van der Waals surface area contributed by atoms with E-state index < -0.39 is 0 Å². The molecule has 1 unspecified atom stereocenters. The van der Waals surface area contributed by atoms with Crippen LogP contribution in [0.15, 0.2) is 47.5 Å². The Kier molecular flexibility index (Phi) is 10.7. The molecule has 2 aromatic carbocycles. The number of morpholine rings is 1. The molecule has 2 aromatic rings. The molecule has 0 radical (unpaired) electrons. The molecule has 7 heteroatoms. The highest BCUT2D eigenvalue weighted by molar-refractivity contribution is 14.0. The maximum absolute atomic E-state index is 13.2. The second-order valence-corrected chi connectivity index (χ2v) is 7.91. The van der Waals surface area contributed by atoms with E-state index in [0.717, 1.165) is 56.3 Å². The first-order valence-corrected chi connectivity index (χ1v) is 10.6. The van der Waals surface area contributed by atoms with E-state index in [-0.39, 0.29) is 29.8 Å². The Labute approximate surface area is 202 Å². The number of benzene rings is 2. The lowest BCUT2D eigenvalue weighted by molar-refractivity contribution is -0.0212. The van der Waals surface area contributed by atoms with Crippen LogP contribution in [0.25, 0.3) is 0 Å². The lowest BCUT2D eigenvalue weighted by Gasteiger charge is -2.31. The molecule has 0 saturated carbocycles. The molecule has 0 spiro atoms. The second kappa shape index (κ2) is 13.0. The van der Waals surface area contributed by atoms with E-state index in [1.54, 1.807) is 13.1 Å². The van der Waals surface area contributed by atoms with E-state index in [9.17, 15) is 4.39 Å². The van der Waals surface area contributed by atoms with Gasteiger partial charge in [-0.1, -0.05) is 30.3 Å². The Hall–Kier alpha value is -1.71. The first kappa shape index (κ1) is 25.5. The number of aliphatic imine (C=N–C) groups is 1. The maximum Gasteiger partial charge on any atom is 0.191 e. The van der Waals surface area contributed by atoms with Crippen molar-refractivity contribution in [1.82, 2.24) is 15.5 Å². The average molecular weight is 540 g/mol. The number of hydrogen-bond acceptors (Lipinski definition) is 3. The van der Waals surface area contributed by atoms with E-state index in [1.807, 2.05) is 13.0 Å². The van der Waals surface area contributed by atoms with E-state index in [4.69, 9.17) is 4.74 Å². The van der Waals surface area contributed by atoms with Crippen molar-refractivity contribution >= 4 is 29.9 Å². The van der Waals surface area contributed by atoms with Crippen molar-refractivity contribution < 1.29 is 9.13 Å². The van der Waals surface area contributed by atoms with E-state index >= 15 is 0 Å². The molecule has 1 atom stereocenters. The smallest absolute Gasteiger partial charge is 0.191 e. The highest BCUT2D eigenvalue weighted by Crippen LogP contribution is 2.12. The van der Waals surface area contributed by atoms with Gasteiger partial charge < -0.3 is 15.4 Å². The summed E-state index contributed by atoms with van der Waals surface area (Å²) in [5.74, 6) is 0.578. The standard InChI is InChI=1S/C24H33FN4O.HI/c1-18-13-23(25)8-7-22(18)9-10-27-24(26-3)28-15-20-5-4-6-21(14-20)17-29-11-12-30-19(2)16-29;/h4-8,13-14,19H,9-12,15-17H2,1-3H3,(H2,26,27,28);1H. The third-order valence-electron chi connectivity index (χ3n) is 5.40. The zero-order chi connectivity index (χ0) is 21.3. The lowest BCUT2D eigenvalue weighted by atomic mass is 10.1. The number of nitrogens with zero attached hydrogens (tertiary/aromatic N) is 2. The highest BCUT2D eigenvalue weighted by Gasteiger charge is 2.16. The first-order chi connectivity index (χ1) is 14.5. The van der Waals surface area contributed by atoms with Crippen LogP contribution in [0.4, 0.5) is 4.39 Å². The SMILES string of the molecule is CN=C(NCCc1ccc(F)cc1C)NCc1cccc(CN2CCOC(C)C2)c1.I. The van der Waals surface area contributed by atoms with Crippen molar-refractivity contribution in [3.63, 3.8) is 0 Å². The first-order valence-electron chi connectivity index (χ1n) is 10.6. The number of rotatable bonds is 7. The van der Waals surface area contributed by atoms with Crippen LogP contribution in [-0.4, -0.2) is 50.3 Å². The van der Waals surface area contributed by atoms with Crippen LogP contribution < -0.4 is 10.6 Å². The fourth-order valence-corrected chi connectivity index (χ4v) is 3.79. The Morgan fingerprint density at radius 2 is 2.00 bits per heavy atom. The third-order valence-corrected chi connectivity index (χ3v) is 5.40. The van der Waals surface area contributed by atoms with Crippen molar-refractivity contribution in [3.05, 3.63) is 70.5 Å². The summed E-state index contributed by atoms with van der Waals surface area (Å²) in [5.41, 5.74) is 4.67. The zero-order valence-corrected chi connectivity index (χ0v) is 21.0. The van der Waals surface area contributed by atoms with Crippen molar-refractivity contribution in [1.29, 1.82) is 0 Å². The van der Waals surface area contributed by atoms with Gasteiger partial charge in [-0.25, -0.2) is 4.39 Å². The molecule has 0 amide bonds. The predicted octanol–water partition coefficient (Wildman–Crippen LogP) is 3.88. The monoisotopic (exact) mass is 540 g/mol. The number of ether oxygens (including phenoxy) is 1. The van der Waals surface area contributed by atoms with Crippen molar-refractivity contribution in [2.24, 2.45) is 4.99 Å². The molecular weight excluding hydrogens is 506 g/mol. The van der Waals surface area contributed by atoms with Gasteiger partial charge in [0.05, 0.1) is 12.7 Å². The largest absolute Gasteiger partial charge is 0.376 e. The molecule has 1 saturated heterocycles.